The largest absolute Gasteiger partial charge is 0.459 e. The van der Waals surface area contributed by atoms with Crippen LogP contribution in [0.3, 0.4) is 0 Å². The maximum Gasteiger partial charge on any atom is 0.289 e. The summed E-state index contributed by atoms with van der Waals surface area (Å²) in [7, 11) is 0. The fourth-order valence-electron chi connectivity index (χ4n) is 3.76. The van der Waals surface area contributed by atoms with Crippen LogP contribution >= 0.6 is 0 Å². The van der Waals surface area contributed by atoms with Gasteiger partial charge in [-0.3, -0.25) is 19.3 Å². The standard InChI is InChI=1S/C20H21N3O4/c1-14-5-2-3-6-15(14)23-18(24)13-16(19(23)25)21-8-10-22(11-9-21)20(26)17-7-4-12-27-17/h2-7,12,16H,8-11,13H2,1H3/t16-/m0/s1. The second-order valence-corrected chi connectivity index (χ2v) is 6.88. The molecule has 3 amide bonds. The van der Waals surface area contributed by atoms with E-state index in [0.717, 1.165) is 5.56 Å². The highest BCUT2D eigenvalue weighted by Crippen LogP contribution is 2.28. The summed E-state index contributed by atoms with van der Waals surface area (Å²) in [6, 6.07) is 10.3. The summed E-state index contributed by atoms with van der Waals surface area (Å²) in [4.78, 5) is 42.9. The molecule has 4 rings (SSSR count). The SMILES string of the molecule is Cc1ccccc1N1C(=O)C[C@H](N2CCN(C(=O)c3ccco3)CC2)C1=O. The Labute approximate surface area is 157 Å². The average Bonchev–Trinajstić information content (AvgIpc) is 3.31. The van der Waals surface area contributed by atoms with E-state index in [9.17, 15) is 14.4 Å². The summed E-state index contributed by atoms with van der Waals surface area (Å²) in [6.45, 7) is 4.00. The van der Waals surface area contributed by atoms with Gasteiger partial charge in [0.25, 0.3) is 11.8 Å². The molecule has 2 aliphatic heterocycles. The third-order valence-corrected chi connectivity index (χ3v) is 5.25. The predicted octanol–water partition coefficient (Wildman–Crippen LogP) is 1.68. The third-order valence-electron chi connectivity index (χ3n) is 5.25. The number of hydrogen-bond acceptors (Lipinski definition) is 5. The van der Waals surface area contributed by atoms with Crippen molar-refractivity contribution in [1.29, 1.82) is 0 Å². The van der Waals surface area contributed by atoms with Crippen molar-refractivity contribution in [2.75, 3.05) is 31.1 Å². The van der Waals surface area contributed by atoms with Crippen molar-refractivity contribution >= 4 is 23.4 Å². The molecule has 2 aromatic rings. The first-order valence-corrected chi connectivity index (χ1v) is 9.05. The molecule has 0 aliphatic carbocycles. The monoisotopic (exact) mass is 367 g/mol. The molecular weight excluding hydrogens is 346 g/mol. The van der Waals surface area contributed by atoms with Crippen LogP contribution in [0.15, 0.2) is 47.1 Å². The first-order chi connectivity index (χ1) is 13.1. The van der Waals surface area contributed by atoms with Crippen LogP contribution in [-0.2, 0) is 9.59 Å². The molecule has 1 atom stereocenters. The molecule has 2 saturated heterocycles. The van der Waals surface area contributed by atoms with Crippen LogP contribution in [0.1, 0.15) is 22.5 Å². The molecule has 0 unspecified atom stereocenters. The molecule has 0 bridgehead atoms. The lowest BCUT2D eigenvalue weighted by atomic mass is 10.1. The number of carbonyl (C=O) groups excluding carboxylic acids is 3. The van der Waals surface area contributed by atoms with Crippen molar-refractivity contribution < 1.29 is 18.8 Å². The van der Waals surface area contributed by atoms with Crippen molar-refractivity contribution in [2.45, 2.75) is 19.4 Å². The van der Waals surface area contributed by atoms with E-state index in [1.807, 2.05) is 30.0 Å². The molecule has 7 heteroatoms. The molecule has 27 heavy (non-hydrogen) atoms. The van der Waals surface area contributed by atoms with Gasteiger partial charge in [-0.1, -0.05) is 18.2 Å². The van der Waals surface area contributed by atoms with Crippen molar-refractivity contribution in [1.82, 2.24) is 9.80 Å². The number of para-hydroxylation sites is 1. The van der Waals surface area contributed by atoms with Crippen LogP contribution in [0.5, 0.6) is 0 Å². The molecule has 2 fully saturated rings. The molecule has 140 valence electrons. The van der Waals surface area contributed by atoms with E-state index in [0.29, 0.717) is 37.6 Å². The van der Waals surface area contributed by atoms with E-state index in [-0.39, 0.29) is 24.1 Å². The minimum atomic E-state index is -0.460. The van der Waals surface area contributed by atoms with Gasteiger partial charge in [0, 0.05) is 26.2 Å². The number of nitrogens with zero attached hydrogens (tertiary/aromatic N) is 3. The molecule has 1 aromatic carbocycles. The molecule has 0 spiro atoms. The van der Waals surface area contributed by atoms with Crippen LogP contribution < -0.4 is 4.90 Å². The fraction of sp³-hybridized carbons (Fsp3) is 0.350. The minimum absolute atomic E-state index is 0.144. The first-order valence-electron chi connectivity index (χ1n) is 9.05. The summed E-state index contributed by atoms with van der Waals surface area (Å²) in [5.74, 6) is -0.176. The molecule has 1 aromatic heterocycles. The summed E-state index contributed by atoms with van der Waals surface area (Å²) < 4.78 is 5.17. The minimum Gasteiger partial charge on any atom is -0.459 e. The highest BCUT2D eigenvalue weighted by atomic mass is 16.3. The van der Waals surface area contributed by atoms with Crippen molar-refractivity contribution in [3.8, 4) is 0 Å². The predicted molar refractivity (Wildman–Crippen MR) is 98.3 cm³/mol. The topological polar surface area (TPSA) is 74.1 Å². The molecule has 0 radical (unpaired) electrons. The third kappa shape index (κ3) is 3.14. The highest BCUT2D eigenvalue weighted by molar-refractivity contribution is 6.22. The zero-order valence-corrected chi connectivity index (χ0v) is 15.1. The summed E-state index contributed by atoms with van der Waals surface area (Å²) in [5, 5.41) is 0. The Hall–Kier alpha value is -2.93. The van der Waals surface area contributed by atoms with Gasteiger partial charge in [-0.25, -0.2) is 4.90 Å². The quantitative estimate of drug-likeness (QED) is 0.772. The normalized spacial score (nSPS) is 21.1. The Bertz CT molecular complexity index is 869. The summed E-state index contributed by atoms with van der Waals surface area (Å²) >= 11 is 0. The zero-order valence-electron chi connectivity index (χ0n) is 15.1. The van der Waals surface area contributed by atoms with Crippen LogP contribution in [0.4, 0.5) is 5.69 Å². The molecule has 3 heterocycles. The molecule has 2 aliphatic rings. The Morgan fingerprint density at radius 1 is 1.04 bits per heavy atom. The average molecular weight is 367 g/mol. The lowest BCUT2D eigenvalue weighted by Crippen LogP contribution is -2.53. The van der Waals surface area contributed by atoms with Crippen LogP contribution in [0, 0.1) is 6.92 Å². The van der Waals surface area contributed by atoms with Crippen molar-refractivity contribution in [3.05, 3.63) is 54.0 Å². The number of rotatable bonds is 3. The van der Waals surface area contributed by atoms with Crippen molar-refractivity contribution in [3.63, 3.8) is 0 Å². The van der Waals surface area contributed by atoms with Gasteiger partial charge >= 0.3 is 0 Å². The van der Waals surface area contributed by atoms with Crippen molar-refractivity contribution in [2.24, 2.45) is 0 Å². The number of hydrogen-bond donors (Lipinski definition) is 0. The zero-order chi connectivity index (χ0) is 19.0. The van der Waals surface area contributed by atoms with Gasteiger partial charge < -0.3 is 9.32 Å². The van der Waals surface area contributed by atoms with E-state index in [1.54, 1.807) is 23.1 Å². The van der Waals surface area contributed by atoms with Gasteiger partial charge in [0.15, 0.2) is 5.76 Å². The van der Waals surface area contributed by atoms with Crippen LogP contribution in [-0.4, -0.2) is 59.7 Å². The van der Waals surface area contributed by atoms with Gasteiger partial charge in [0.1, 0.15) is 0 Å². The second kappa shape index (κ2) is 7.00. The Morgan fingerprint density at radius 2 is 1.78 bits per heavy atom. The van der Waals surface area contributed by atoms with E-state index in [2.05, 4.69) is 0 Å². The lowest BCUT2D eigenvalue weighted by Gasteiger charge is -2.36. The van der Waals surface area contributed by atoms with Gasteiger partial charge in [0.05, 0.1) is 24.4 Å². The highest BCUT2D eigenvalue weighted by Gasteiger charge is 2.44. The van der Waals surface area contributed by atoms with Gasteiger partial charge in [0.2, 0.25) is 5.91 Å². The maximum atomic E-state index is 12.9. The molecular formula is C20H21N3O4. The number of amides is 3. The Morgan fingerprint density at radius 3 is 2.44 bits per heavy atom. The number of piperazine rings is 1. The van der Waals surface area contributed by atoms with E-state index in [4.69, 9.17) is 4.42 Å². The Kier molecular flexibility index (Phi) is 4.53. The number of benzene rings is 1. The summed E-state index contributed by atoms with van der Waals surface area (Å²) in [5.41, 5.74) is 1.55. The lowest BCUT2D eigenvalue weighted by molar-refractivity contribution is -0.123. The number of anilines is 1. The number of imide groups is 1. The first kappa shape index (κ1) is 17.5. The maximum absolute atomic E-state index is 12.9. The van der Waals surface area contributed by atoms with E-state index < -0.39 is 6.04 Å². The molecule has 0 N–H and O–H groups in total. The number of furan rings is 1. The van der Waals surface area contributed by atoms with Gasteiger partial charge in [-0.2, -0.15) is 0 Å². The number of carbonyl (C=O) groups is 3. The van der Waals surface area contributed by atoms with Crippen LogP contribution in [0.2, 0.25) is 0 Å². The molecule has 7 nitrogen and oxygen atoms in total. The number of aryl methyl sites for hydroxylation is 1. The summed E-state index contributed by atoms with van der Waals surface area (Å²) in [6.07, 6.45) is 1.66. The van der Waals surface area contributed by atoms with E-state index >= 15 is 0 Å². The van der Waals surface area contributed by atoms with Crippen LogP contribution in [0.25, 0.3) is 0 Å². The van der Waals surface area contributed by atoms with Gasteiger partial charge in [-0.15, -0.1) is 0 Å². The second-order valence-electron chi connectivity index (χ2n) is 6.88. The fourth-order valence-corrected chi connectivity index (χ4v) is 3.76. The molecule has 0 saturated carbocycles. The Balaban J connectivity index is 1.43. The van der Waals surface area contributed by atoms with Gasteiger partial charge in [-0.05, 0) is 30.7 Å². The van der Waals surface area contributed by atoms with E-state index in [1.165, 1.54) is 11.2 Å². The smallest absolute Gasteiger partial charge is 0.289 e.